The van der Waals surface area contributed by atoms with Gasteiger partial charge in [-0.2, -0.15) is 0 Å². The van der Waals surface area contributed by atoms with Gasteiger partial charge in [0.2, 0.25) is 0 Å². The van der Waals surface area contributed by atoms with Crippen LogP contribution in [0.5, 0.6) is 11.5 Å². The molecule has 3 rings (SSSR count). The van der Waals surface area contributed by atoms with Crippen molar-refractivity contribution in [2.45, 2.75) is 57.8 Å². The summed E-state index contributed by atoms with van der Waals surface area (Å²) in [6.07, 6.45) is 5.33. The van der Waals surface area contributed by atoms with E-state index in [4.69, 9.17) is 18.9 Å². The van der Waals surface area contributed by atoms with Gasteiger partial charge in [0.1, 0.15) is 17.6 Å². The molecule has 0 radical (unpaired) electrons. The largest absolute Gasteiger partial charge is 0.496 e. The monoisotopic (exact) mass is 489 g/mol. The summed E-state index contributed by atoms with van der Waals surface area (Å²) >= 11 is 0. The van der Waals surface area contributed by atoms with Crippen LogP contribution in [0.2, 0.25) is 0 Å². The summed E-state index contributed by atoms with van der Waals surface area (Å²) in [5.74, 6) is 0.0978. The zero-order valence-electron chi connectivity index (χ0n) is 20.8. The molecule has 1 aromatic carbocycles. The fourth-order valence-electron chi connectivity index (χ4n) is 4.30. The van der Waals surface area contributed by atoms with Crippen molar-refractivity contribution in [3.05, 3.63) is 46.8 Å². The average molecular weight is 490 g/mol. The van der Waals surface area contributed by atoms with Crippen molar-refractivity contribution >= 4 is 11.9 Å². The number of methoxy groups -OCH3 is 3. The number of aromatic nitrogens is 1. The van der Waals surface area contributed by atoms with E-state index in [0.29, 0.717) is 48.1 Å². The van der Waals surface area contributed by atoms with Crippen molar-refractivity contribution in [2.24, 2.45) is 5.92 Å². The third kappa shape index (κ3) is 6.55. The van der Waals surface area contributed by atoms with Gasteiger partial charge in [-0.15, -0.1) is 0 Å². The van der Waals surface area contributed by atoms with E-state index >= 15 is 0 Å². The summed E-state index contributed by atoms with van der Waals surface area (Å²) in [7, 11) is 4.40. The number of aliphatic hydroxyl groups is 1. The highest BCUT2D eigenvalue weighted by molar-refractivity contribution is 5.92. The molecule has 2 N–H and O–H groups in total. The number of carboxylic acid groups (broad SMARTS) is 1. The van der Waals surface area contributed by atoms with Gasteiger partial charge in [-0.3, -0.25) is 4.79 Å². The number of aliphatic hydroxyl groups excluding tert-OH is 1. The standard InChI is InChI=1S/C26H35NO8/c1-16-22(32-2)10-18(11-23(16)33-3)25(30)21(35-15-17-6-5-7-17)8-9-27-13-19(12-24(28)29)20(14-27)26(31)34-4/h10-11,13-14,17,21,25,30H,5-9,12,15H2,1-4H3,(H,28,29)/t21-,25+/m0/s1. The highest BCUT2D eigenvalue weighted by Gasteiger charge is 2.27. The zero-order valence-corrected chi connectivity index (χ0v) is 20.8. The van der Waals surface area contributed by atoms with E-state index in [-0.39, 0.29) is 12.0 Å². The molecule has 35 heavy (non-hydrogen) atoms. The molecule has 1 saturated carbocycles. The van der Waals surface area contributed by atoms with Crippen LogP contribution in [-0.2, 0) is 27.2 Å². The normalized spacial score (nSPS) is 15.2. The molecule has 9 nitrogen and oxygen atoms in total. The van der Waals surface area contributed by atoms with Crippen LogP contribution in [0.15, 0.2) is 24.5 Å². The molecule has 0 spiro atoms. The molecular weight excluding hydrogens is 454 g/mol. The number of hydrogen-bond acceptors (Lipinski definition) is 7. The Morgan fingerprint density at radius 2 is 1.77 bits per heavy atom. The van der Waals surface area contributed by atoms with E-state index in [1.54, 1.807) is 43.3 Å². The number of benzene rings is 1. The molecule has 0 saturated heterocycles. The van der Waals surface area contributed by atoms with Crippen LogP contribution in [0, 0.1) is 12.8 Å². The van der Waals surface area contributed by atoms with Gasteiger partial charge in [-0.1, -0.05) is 6.42 Å². The summed E-state index contributed by atoms with van der Waals surface area (Å²) < 4.78 is 23.7. The number of carbonyl (C=O) groups excluding carboxylic acids is 1. The number of carbonyl (C=O) groups is 2. The van der Waals surface area contributed by atoms with Crippen LogP contribution >= 0.6 is 0 Å². The number of esters is 1. The summed E-state index contributed by atoms with van der Waals surface area (Å²) in [5, 5.41) is 20.5. The Hall–Kier alpha value is -3.04. The smallest absolute Gasteiger partial charge is 0.339 e. The van der Waals surface area contributed by atoms with Gasteiger partial charge in [0, 0.05) is 31.1 Å². The summed E-state index contributed by atoms with van der Waals surface area (Å²) in [6, 6.07) is 3.58. The van der Waals surface area contributed by atoms with Crippen LogP contribution in [0.4, 0.5) is 0 Å². The molecular formula is C26H35NO8. The number of nitrogens with zero attached hydrogens (tertiary/aromatic N) is 1. The van der Waals surface area contributed by atoms with Crippen LogP contribution in [0.25, 0.3) is 0 Å². The molecule has 2 atom stereocenters. The van der Waals surface area contributed by atoms with Crippen molar-refractivity contribution in [3.8, 4) is 11.5 Å². The first-order valence-corrected chi connectivity index (χ1v) is 11.8. The second kappa shape index (κ2) is 12.1. The lowest BCUT2D eigenvalue weighted by atomic mass is 9.86. The molecule has 0 aliphatic heterocycles. The number of carboxylic acids is 1. The Morgan fingerprint density at radius 1 is 1.11 bits per heavy atom. The van der Waals surface area contributed by atoms with Crippen molar-refractivity contribution < 1.29 is 38.7 Å². The average Bonchev–Trinajstić information content (AvgIpc) is 3.21. The van der Waals surface area contributed by atoms with Crippen LogP contribution in [-0.4, -0.2) is 60.8 Å². The maximum atomic E-state index is 12.1. The molecule has 1 aliphatic rings. The van der Waals surface area contributed by atoms with Gasteiger partial charge in [0.05, 0.1) is 39.4 Å². The van der Waals surface area contributed by atoms with Crippen LogP contribution < -0.4 is 9.47 Å². The zero-order chi connectivity index (χ0) is 25.5. The predicted octanol–water partition coefficient (Wildman–Crippen LogP) is 3.54. The lowest BCUT2D eigenvalue weighted by Crippen LogP contribution is -2.28. The quantitative estimate of drug-likeness (QED) is 0.411. The van der Waals surface area contributed by atoms with Crippen molar-refractivity contribution in [3.63, 3.8) is 0 Å². The van der Waals surface area contributed by atoms with E-state index in [0.717, 1.165) is 18.4 Å². The van der Waals surface area contributed by atoms with Gasteiger partial charge >= 0.3 is 11.9 Å². The number of aryl methyl sites for hydroxylation is 1. The second-order valence-electron chi connectivity index (χ2n) is 8.95. The van der Waals surface area contributed by atoms with E-state index in [2.05, 4.69) is 0 Å². The summed E-state index contributed by atoms with van der Waals surface area (Å²) in [4.78, 5) is 23.3. The first-order valence-electron chi connectivity index (χ1n) is 11.8. The molecule has 0 bridgehead atoms. The van der Waals surface area contributed by atoms with Crippen molar-refractivity contribution in [2.75, 3.05) is 27.9 Å². The van der Waals surface area contributed by atoms with Gasteiger partial charge in [-0.25, -0.2) is 4.79 Å². The Bertz CT molecular complexity index is 1000. The second-order valence-corrected chi connectivity index (χ2v) is 8.95. The first-order chi connectivity index (χ1) is 16.8. The summed E-state index contributed by atoms with van der Waals surface area (Å²) in [5.41, 5.74) is 2.06. The van der Waals surface area contributed by atoms with E-state index in [1.807, 2.05) is 6.92 Å². The molecule has 2 aromatic rings. The Kier molecular flexibility index (Phi) is 9.17. The Balaban J connectivity index is 1.82. The maximum absolute atomic E-state index is 12.1. The van der Waals surface area contributed by atoms with Gasteiger partial charge < -0.3 is 33.7 Å². The topological polar surface area (TPSA) is 116 Å². The van der Waals surface area contributed by atoms with E-state index < -0.39 is 24.1 Å². The number of hydrogen-bond donors (Lipinski definition) is 2. The minimum atomic E-state index is -1.03. The highest BCUT2D eigenvalue weighted by atomic mass is 16.5. The minimum Gasteiger partial charge on any atom is -0.496 e. The molecule has 1 fully saturated rings. The number of aliphatic carboxylic acids is 1. The Labute approximate surface area is 205 Å². The van der Waals surface area contributed by atoms with Gasteiger partial charge in [-0.05, 0) is 55.4 Å². The first kappa shape index (κ1) is 26.6. The fraction of sp³-hybridized carbons (Fsp3) is 0.538. The van der Waals surface area contributed by atoms with Gasteiger partial charge in [0.15, 0.2) is 0 Å². The number of rotatable bonds is 13. The molecule has 192 valence electrons. The van der Waals surface area contributed by atoms with E-state index in [1.165, 1.54) is 13.5 Å². The molecule has 1 heterocycles. The number of ether oxygens (including phenoxy) is 4. The van der Waals surface area contributed by atoms with Crippen molar-refractivity contribution in [1.82, 2.24) is 4.57 Å². The SMILES string of the molecule is COC(=O)c1cn(CC[C@H](OCC2CCC2)[C@H](O)c2cc(OC)c(C)c(OC)c2)cc1CC(=O)O. The molecule has 0 unspecified atom stereocenters. The Morgan fingerprint density at radius 3 is 2.29 bits per heavy atom. The minimum absolute atomic E-state index is 0.218. The lowest BCUT2D eigenvalue weighted by Gasteiger charge is -2.30. The molecule has 0 amide bonds. The van der Waals surface area contributed by atoms with Gasteiger partial charge in [0.25, 0.3) is 0 Å². The maximum Gasteiger partial charge on any atom is 0.339 e. The fourth-order valence-corrected chi connectivity index (χ4v) is 4.30. The van der Waals surface area contributed by atoms with Crippen molar-refractivity contribution in [1.29, 1.82) is 0 Å². The summed E-state index contributed by atoms with van der Waals surface area (Å²) in [6.45, 7) is 2.86. The third-order valence-electron chi connectivity index (χ3n) is 6.62. The highest BCUT2D eigenvalue weighted by Crippen LogP contribution is 2.35. The molecule has 9 heteroatoms. The molecule has 1 aliphatic carbocycles. The van der Waals surface area contributed by atoms with Crippen LogP contribution in [0.1, 0.15) is 58.8 Å². The predicted molar refractivity (Wildman–Crippen MR) is 128 cm³/mol. The van der Waals surface area contributed by atoms with E-state index in [9.17, 15) is 19.8 Å². The lowest BCUT2D eigenvalue weighted by molar-refractivity contribution is -0.136. The van der Waals surface area contributed by atoms with Crippen LogP contribution in [0.3, 0.4) is 0 Å². The third-order valence-corrected chi connectivity index (χ3v) is 6.62. The molecule has 1 aromatic heterocycles.